The Morgan fingerprint density at radius 1 is 1.10 bits per heavy atom. The van der Waals surface area contributed by atoms with Gasteiger partial charge >= 0.3 is 0 Å². The van der Waals surface area contributed by atoms with Crippen LogP contribution in [0, 0.1) is 13.8 Å². The number of para-hydroxylation sites is 1. The van der Waals surface area contributed by atoms with Gasteiger partial charge in [0.15, 0.2) is 0 Å². The Bertz CT molecular complexity index is 1190. The summed E-state index contributed by atoms with van der Waals surface area (Å²) in [6.07, 6.45) is 4.12. The van der Waals surface area contributed by atoms with Crippen LogP contribution < -0.4 is 5.32 Å². The van der Waals surface area contributed by atoms with Crippen LogP contribution in [0.2, 0.25) is 0 Å². The summed E-state index contributed by atoms with van der Waals surface area (Å²) >= 11 is 0. The first-order valence-electron chi connectivity index (χ1n) is 10.4. The number of carbonyl (C=O) groups excluding carboxylic acids is 1. The maximum absolute atomic E-state index is 13.1. The number of rotatable bonds is 7. The first-order valence-corrected chi connectivity index (χ1v) is 10.4. The largest absolute Gasteiger partial charge is 0.351 e. The fraction of sp³-hybridized carbons (Fsp3) is 0.250. The second-order valence-electron chi connectivity index (χ2n) is 7.53. The predicted octanol–water partition coefficient (Wildman–Crippen LogP) is 3.74. The Morgan fingerprint density at radius 2 is 1.90 bits per heavy atom. The summed E-state index contributed by atoms with van der Waals surface area (Å²) in [5, 5.41) is 15.9. The van der Waals surface area contributed by atoms with E-state index in [0.29, 0.717) is 24.2 Å². The molecule has 2 aromatic heterocycles. The van der Waals surface area contributed by atoms with Crippen LogP contribution in [0.15, 0.2) is 61.1 Å². The Kier molecular flexibility index (Phi) is 5.93. The number of nitrogens with one attached hydrogen (secondary N) is 1. The van der Waals surface area contributed by atoms with Crippen LogP contribution in [0.3, 0.4) is 0 Å². The highest BCUT2D eigenvalue weighted by Crippen LogP contribution is 2.27. The molecular formula is C24H26N6O. The van der Waals surface area contributed by atoms with Gasteiger partial charge in [0.25, 0.3) is 5.91 Å². The van der Waals surface area contributed by atoms with Crippen molar-refractivity contribution < 1.29 is 4.79 Å². The first-order chi connectivity index (χ1) is 15.1. The third kappa shape index (κ3) is 4.40. The predicted molar refractivity (Wildman–Crippen MR) is 120 cm³/mol. The highest BCUT2D eigenvalue weighted by Gasteiger charge is 2.20. The van der Waals surface area contributed by atoms with Gasteiger partial charge in [-0.05, 0) is 38.5 Å². The smallest absolute Gasteiger partial charge is 0.255 e. The standard InChI is InChI=1S/C24H26N6O/c1-4-29-16-26-27-22(29)12-13-25-24(31)21-15-30(19-8-6-5-7-9-19)28-23(21)20-11-10-17(2)14-18(20)3/h5-11,14-16H,4,12-13H2,1-3H3,(H,25,31). The summed E-state index contributed by atoms with van der Waals surface area (Å²) < 4.78 is 3.73. The molecule has 0 bridgehead atoms. The van der Waals surface area contributed by atoms with Gasteiger partial charge in [-0.15, -0.1) is 10.2 Å². The average molecular weight is 415 g/mol. The molecule has 7 nitrogen and oxygen atoms in total. The van der Waals surface area contributed by atoms with E-state index in [1.54, 1.807) is 17.2 Å². The van der Waals surface area contributed by atoms with Crippen LogP contribution in [0.5, 0.6) is 0 Å². The second-order valence-corrected chi connectivity index (χ2v) is 7.53. The van der Waals surface area contributed by atoms with Gasteiger partial charge in [-0.2, -0.15) is 5.10 Å². The number of amides is 1. The molecule has 0 unspecified atom stereocenters. The van der Waals surface area contributed by atoms with Crippen LogP contribution >= 0.6 is 0 Å². The lowest BCUT2D eigenvalue weighted by molar-refractivity contribution is 0.0954. The molecule has 0 saturated carbocycles. The Morgan fingerprint density at radius 3 is 2.65 bits per heavy atom. The van der Waals surface area contributed by atoms with E-state index < -0.39 is 0 Å². The number of benzene rings is 2. The topological polar surface area (TPSA) is 77.6 Å². The van der Waals surface area contributed by atoms with E-state index in [0.717, 1.165) is 29.2 Å². The minimum atomic E-state index is -0.153. The molecule has 0 saturated heterocycles. The monoisotopic (exact) mass is 414 g/mol. The van der Waals surface area contributed by atoms with E-state index in [1.807, 2.05) is 60.9 Å². The Hall–Kier alpha value is -3.74. The van der Waals surface area contributed by atoms with Crippen LogP contribution in [-0.2, 0) is 13.0 Å². The van der Waals surface area contributed by atoms with Gasteiger partial charge in [0.2, 0.25) is 0 Å². The summed E-state index contributed by atoms with van der Waals surface area (Å²) in [6, 6.07) is 16.0. The average Bonchev–Trinajstić information content (AvgIpc) is 3.41. The molecule has 0 aliphatic carbocycles. The Labute approximate surface area is 181 Å². The van der Waals surface area contributed by atoms with Crippen molar-refractivity contribution >= 4 is 5.91 Å². The van der Waals surface area contributed by atoms with Crippen molar-refractivity contribution in [1.29, 1.82) is 0 Å². The van der Waals surface area contributed by atoms with E-state index in [-0.39, 0.29) is 5.91 Å². The summed E-state index contributed by atoms with van der Waals surface area (Å²) in [5.74, 6) is 0.706. The van der Waals surface area contributed by atoms with Gasteiger partial charge in [0.1, 0.15) is 17.8 Å². The summed E-state index contributed by atoms with van der Waals surface area (Å²) in [6.45, 7) is 7.42. The molecule has 7 heteroatoms. The van der Waals surface area contributed by atoms with Crippen molar-refractivity contribution in [3.63, 3.8) is 0 Å². The van der Waals surface area contributed by atoms with Gasteiger partial charge in [-0.1, -0.05) is 42.0 Å². The zero-order valence-electron chi connectivity index (χ0n) is 18.0. The number of aryl methyl sites for hydroxylation is 3. The lowest BCUT2D eigenvalue weighted by Crippen LogP contribution is -2.26. The minimum absolute atomic E-state index is 0.153. The second kappa shape index (κ2) is 8.95. The quantitative estimate of drug-likeness (QED) is 0.500. The van der Waals surface area contributed by atoms with E-state index in [9.17, 15) is 4.79 Å². The van der Waals surface area contributed by atoms with Crippen molar-refractivity contribution in [2.45, 2.75) is 33.7 Å². The molecule has 0 spiro atoms. The van der Waals surface area contributed by atoms with E-state index in [2.05, 4.69) is 28.5 Å². The van der Waals surface area contributed by atoms with Crippen LogP contribution in [0.4, 0.5) is 0 Å². The molecule has 2 heterocycles. The molecule has 4 rings (SSSR count). The molecule has 0 atom stereocenters. The summed E-state index contributed by atoms with van der Waals surface area (Å²) in [4.78, 5) is 13.1. The van der Waals surface area contributed by atoms with Gasteiger partial charge in [0.05, 0.1) is 11.3 Å². The molecule has 0 radical (unpaired) electrons. The van der Waals surface area contributed by atoms with Gasteiger partial charge in [0, 0.05) is 31.3 Å². The van der Waals surface area contributed by atoms with Crippen LogP contribution in [-0.4, -0.2) is 37.0 Å². The van der Waals surface area contributed by atoms with Gasteiger partial charge < -0.3 is 9.88 Å². The van der Waals surface area contributed by atoms with E-state index in [1.165, 1.54) is 5.56 Å². The molecule has 0 aliphatic heterocycles. The molecule has 4 aromatic rings. The minimum Gasteiger partial charge on any atom is -0.351 e. The molecule has 0 fully saturated rings. The SMILES string of the molecule is CCn1cnnc1CCNC(=O)c1cn(-c2ccccc2)nc1-c1ccc(C)cc1C. The number of aromatic nitrogens is 5. The fourth-order valence-corrected chi connectivity index (χ4v) is 3.65. The highest BCUT2D eigenvalue weighted by molar-refractivity contribution is 6.00. The zero-order chi connectivity index (χ0) is 21.8. The molecule has 2 aromatic carbocycles. The van der Waals surface area contributed by atoms with Crippen molar-refractivity contribution in [2.24, 2.45) is 0 Å². The summed E-state index contributed by atoms with van der Waals surface area (Å²) in [5.41, 5.74) is 5.35. The number of nitrogens with zero attached hydrogens (tertiary/aromatic N) is 5. The molecule has 1 amide bonds. The normalized spacial score (nSPS) is 10.9. The van der Waals surface area contributed by atoms with Crippen LogP contribution in [0.25, 0.3) is 16.9 Å². The van der Waals surface area contributed by atoms with Crippen molar-refractivity contribution in [2.75, 3.05) is 6.54 Å². The fourth-order valence-electron chi connectivity index (χ4n) is 3.65. The first kappa shape index (κ1) is 20.5. The highest BCUT2D eigenvalue weighted by atomic mass is 16.1. The molecule has 158 valence electrons. The van der Waals surface area contributed by atoms with Gasteiger partial charge in [-0.25, -0.2) is 4.68 Å². The van der Waals surface area contributed by atoms with Crippen molar-refractivity contribution in [3.05, 3.63) is 83.6 Å². The molecule has 31 heavy (non-hydrogen) atoms. The lowest BCUT2D eigenvalue weighted by atomic mass is 10.0. The third-order valence-corrected chi connectivity index (χ3v) is 5.29. The van der Waals surface area contributed by atoms with Crippen LogP contribution in [0.1, 0.15) is 34.2 Å². The maximum Gasteiger partial charge on any atom is 0.255 e. The lowest BCUT2D eigenvalue weighted by Gasteiger charge is -2.08. The van der Waals surface area contributed by atoms with Crippen molar-refractivity contribution in [1.82, 2.24) is 29.9 Å². The van der Waals surface area contributed by atoms with E-state index in [4.69, 9.17) is 5.10 Å². The van der Waals surface area contributed by atoms with Gasteiger partial charge in [-0.3, -0.25) is 4.79 Å². The zero-order valence-corrected chi connectivity index (χ0v) is 18.0. The number of hydrogen-bond donors (Lipinski definition) is 1. The Balaban J connectivity index is 1.63. The van der Waals surface area contributed by atoms with Crippen molar-refractivity contribution in [3.8, 4) is 16.9 Å². The number of carbonyl (C=O) groups is 1. The third-order valence-electron chi connectivity index (χ3n) is 5.29. The maximum atomic E-state index is 13.1. The molecule has 0 aliphatic rings. The summed E-state index contributed by atoms with van der Waals surface area (Å²) in [7, 11) is 0. The molecule has 1 N–H and O–H groups in total. The molecular weight excluding hydrogens is 388 g/mol. The number of hydrogen-bond acceptors (Lipinski definition) is 4. The van der Waals surface area contributed by atoms with E-state index >= 15 is 0 Å².